The number of nitrogens with zero attached hydrogens (tertiary/aromatic N) is 1. The van der Waals surface area contributed by atoms with Gasteiger partial charge >= 0.3 is 18.4 Å². The summed E-state index contributed by atoms with van der Waals surface area (Å²) in [5, 5.41) is 2.17. The Hall–Kier alpha value is -3.23. The van der Waals surface area contributed by atoms with Crippen molar-refractivity contribution >= 4 is 16.9 Å². The van der Waals surface area contributed by atoms with Crippen molar-refractivity contribution in [3.63, 3.8) is 0 Å². The van der Waals surface area contributed by atoms with Crippen LogP contribution in [0.1, 0.15) is 41.7 Å². The lowest BCUT2D eigenvalue weighted by Crippen LogP contribution is -2.33. The minimum Gasteiger partial charge on any atom is -0.439 e. The van der Waals surface area contributed by atoms with Crippen LogP contribution in [-0.2, 0) is 23.5 Å². The summed E-state index contributed by atoms with van der Waals surface area (Å²) in [7, 11) is 0. The lowest BCUT2D eigenvalue weighted by Gasteiger charge is -2.22. The number of alkyl halides is 6. The first kappa shape index (κ1) is 23.9. The fourth-order valence-corrected chi connectivity index (χ4v) is 4.34. The molecule has 3 aromatic carbocycles. The number of ether oxygens (including phenoxy) is 1. The largest absolute Gasteiger partial charge is 0.439 e. The van der Waals surface area contributed by atoms with Crippen molar-refractivity contribution < 1.29 is 35.9 Å². The number of benzene rings is 3. The molecule has 0 aromatic heterocycles. The molecule has 1 aliphatic rings. The second-order valence-corrected chi connectivity index (χ2v) is 8.32. The van der Waals surface area contributed by atoms with Crippen molar-refractivity contribution in [2.45, 2.75) is 44.3 Å². The number of aryl methyl sites for hydroxylation is 1. The van der Waals surface area contributed by atoms with E-state index in [0.717, 1.165) is 16.3 Å². The summed E-state index contributed by atoms with van der Waals surface area (Å²) in [6, 6.07) is 14.3. The van der Waals surface area contributed by atoms with E-state index in [0.29, 0.717) is 25.0 Å². The normalized spacial score (nSPS) is 19.0. The van der Waals surface area contributed by atoms with Crippen molar-refractivity contribution in [3.8, 4) is 0 Å². The zero-order valence-corrected chi connectivity index (χ0v) is 18.1. The fraction of sp³-hybridized carbons (Fsp3) is 0.320. The Morgan fingerprint density at radius 2 is 1.50 bits per heavy atom. The van der Waals surface area contributed by atoms with Crippen LogP contribution >= 0.6 is 0 Å². The van der Waals surface area contributed by atoms with Crippen LogP contribution in [-0.4, -0.2) is 23.6 Å². The molecule has 2 atom stereocenters. The summed E-state index contributed by atoms with van der Waals surface area (Å²) in [6.45, 7) is 1.81. The lowest BCUT2D eigenvalue weighted by molar-refractivity contribution is -0.143. The van der Waals surface area contributed by atoms with Gasteiger partial charge in [-0.05, 0) is 59.9 Å². The molecule has 3 aromatic rings. The number of carbonyl (C=O) groups is 1. The van der Waals surface area contributed by atoms with E-state index in [-0.39, 0.29) is 18.2 Å². The Morgan fingerprint density at radius 3 is 2.15 bits per heavy atom. The topological polar surface area (TPSA) is 29.5 Å². The molecule has 4 rings (SSSR count). The van der Waals surface area contributed by atoms with Crippen LogP contribution in [0.3, 0.4) is 0 Å². The number of fused-ring (bicyclic) bond motifs is 1. The highest BCUT2D eigenvalue weighted by atomic mass is 19.4. The summed E-state index contributed by atoms with van der Waals surface area (Å²) in [4.78, 5) is 13.8. The van der Waals surface area contributed by atoms with E-state index >= 15 is 0 Å². The van der Waals surface area contributed by atoms with Crippen molar-refractivity contribution in [1.29, 1.82) is 0 Å². The molecule has 0 saturated carbocycles. The van der Waals surface area contributed by atoms with Crippen molar-refractivity contribution in [3.05, 3.63) is 82.9 Å². The second kappa shape index (κ2) is 8.85. The van der Waals surface area contributed by atoms with Crippen LogP contribution in [0.25, 0.3) is 10.8 Å². The van der Waals surface area contributed by atoms with E-state index in [1.54, 1.807) is 6.92 Å². The Bertz CT molecular complexity index is 1170. The molecule has 0 radical (unpaired) electrons. The zero-order valence-electron chi connectivity index (χ0n) is 18.1. The van der Waals surface area contributed by atoms with Gasteiger partial charge in [-0.3, -0.25) is 0 Å². The number of rotatable bonds is 5. The van der Waals surface area contributed by atoms with Crippen LogP contribution in [0.4, 0.5) is 31.1 Å². The Morgan fingerprint density at radius 1 is 0.882 bits per heavy atom. The summed E-state index contributed by atoms with van der Waals surface area (Å²) >= 11 is 0. The molecule has 1 aliphatic heterocycles. The van der Waals surface area contributed by atoms with Gasteiger partial charge in [0.15, 0.2) is 0 Å². The smallest absolute Gasteiger partial charge is 0.416 e. The maximum Gasteiger partial charge on any atom is 0.416 e. The molecule has 1 fully saturated rings. The molecule has 0 N–H and O–H groups in total. The minimum absolute atomic E-state index is 0.0624. The van der Waals surface area contributed by atoms with Gasteiger partial charge < -0.3 is 9.64 Å². The molecular formula is C25H21F6NO2. The predicted octanol–water partition coefficient (Wildman–Crippen LogP) is 7.39. The minimum atomic E-state index is -4.97. The van der Waals surface area contributed by atoms with Gasteiger partial charge in [-0.2, -0.15) is 26.3 Å². The molecule has 1 heterocycles. The van der Waals surface area contributed by atoms with Gasteiger partial charge in [0.1, 0.15) is 6.10 Å². The van der Waals surface area contributed by atoms with Gasteiger partial charge in [0.2, 0.25) is 0 Å². The van der Waals surface area contributed by atoms with Gasteiger partial charge in [0.25, 0.3) is 0 Å². The molecule has 0 aliphatic carbocycles. The van der Waals surface area contributed by atoms with Crippen molar-refractivity contribution in [1.82, 2.24) is 4.90 Å². The van der Waals surface area contributed by atoms with Gasteiger partial charge in [0.05, 0.1) is 17.2 Å². The molecule has 180 valence electrons. The molecular weight excluding hydrogens is 460 g/mol. The third kappa shape index (κ3) is 4.83. The maximum absolute atomic E-state index is 13.2. The third-order valence-corrected chi connectivity index (χ3v) is 6.06. The van der Waals surface area contributed by atoms with Gasteiger partial charge in [-0.15, -0.1) is 0 Å². The summed E-state index contributed by atoms with van der Waals surface area (Å²) in [5.41, 5.74) is -2.12. The number of halogens is 6. The SMILES string of the molecule is C[C@H]1[C@@H](c2cc(C(F)(F)F)cc(C(F)(F)F)c2)OC(=O)N1CCCc1cccc2ccccc12. The average molecular weight is 481 g/mol. The van der Waals surface area contributed by atoms with Crippen LogP contribution in [0.15, 0.2) is 60.7 Å². The first-order valence-electron chi connectivity index (χ1n) is 10.7. The van der Waals surface area contributed by atoms with Crippen LogP contribution in [0.2, 0.25) is 0 Å². The first-order chi connectivity index (χ1) is 15.9. The summed E-state index contributed by atoms with van der Waals surface area (Å²) in [6.07, 6.45) is -10.8. The third-order valence-electron chi connectivity index (χ3n) is 6.06. The van der Waals surface area contributed by atoms with E-state index in [4.69, 9.17) is 4.74 Å². The van der Waals surface area contributed by atoms with Crippen molar-refractivity contribution in [2.75, 3.05) is 6.54 Å². The van der Waals surface area contributed by atoms with Crippen LogP contribution in [0.5, 0.6) is 0 Å². The lowest BCUT2D eigenvalue weighted by atomic mass is 9.97. The first-order valence-corrected chi connectivity index (χ1v) is 10.7. The average Bonchev–Trinajstić information content (AvgIpc) is 3.06. The highest BCUT2D eigenvalue weighted by molar-refractivity contribution is 5.85. The van der Waals surface area contributed by atoms with Gasteiger partial charge in [-0.1, -0.05) is 42.5 Å². The van der Waals surface area contributed by atoms with E-state index < -0.39 is 41.7 Å². The monoisotopic (exact) mass is 481 g/mol. The standard InChI is InChI=1S/C25H21F6NO2/c1-15-22(18-12-19(24(26,27)28)14-20(13-18)25(29,30)31)34-23(33)32(15)11-5-9-17-8-4-7-16-6-2-3-10-21(16)17/h2-4,6-8,10,12-15,22H,5,9,11H2,1H3/t15-,22-/m0/s1. The van der Waals surface area contributed by atoms with Crippen molar-refractivity contribution in [2.24, 2.45) is 0 Å². The van der Waals surface area contributed by atoms with Crippen LogP contribution < -0.4 is 0 Å². The molecule has 1 saturated heterocycles. The number of cyclic esters (lactones) is 1. The fourth-order valence-electron chi connectivity index (χ4n) is 4.34. The molecule has 0 spiro atoms. The molecule has 3 nitrogen and oxygen atoms in total. The Labute approximate surface area is 191 Å². The molecule has 34 heavy (non-hydrogen) atoms. The van der Waals surface area contributed by atoms with E-state index in [1.807, 2.05) is 42.5 Å². The zero-order chi connectivity index (χ0) is 24.7. The van der Waals surface area contributed by atoms with E-state index in [2.05, 4.69) is 0 Å². The van der Waals surface area contributed by atoms with E-state index in [9.17, 15) is 31.1 Å². The van der Waals surface area contributed by atoms with E-state index in [1.165, 1.54) is 4.90 Å². The number of hydrogen-bond acceptors (Lipinski definition) is 2. The summed E-state index contributed by atoms with van der Waals surface area (Å²) in [5.74, 6) is 0. The Balaban J connectivity index is 1.52. The highest BCUT2D eigenvalue weighted by Crippen LogP contribution is 2.40. The number of hydrogen-bond donors (Lipinski definition) is 0. The quantitative estimate of drug-likeness (QED) is 0.356. The number of carbonyl (C=O) groups excluding carboxylic acids is 1. The Kier molecular flexibility index (Phi) is 6.22. The predicted molar refractivity (Wildman–Crippen MR) is 114 cm³/mol. The maximum atomic E-state index is 13.2. The second-order valence-electron chi connectivity index (χ2n) is 8.32. The molecule has 1 amide bonds. The van der Waals surface area contributed by atoms with Gasteiger partial charge in [0, 0.05) is 6.54 Å². The summed E-state index contributed by atoms with van der Waals surface area (Å²) < 4.78 is 84.6. The number of amides is 1. The van der Waals surface area contributed by atoms with Gasteiger partial charge in [-0.25, -0.2) is 4.79 Å². The molecule has 0 unspecified atom stereocenters. The molecule has 0 bridgehead atoms. The molecule has 9 heteroatoms. The van der Waals surface area contributed by atoms with Crippen LogP contribution in [0, 0.1) is 0 Å². The highest BCUT2D eigenvalue weighted by Gasteiger charge is 2.43.